The third-order valence-corrected chi connectivity index (χ3v) is 8.78. The number of aromatic nitrogens is 2. The number of thiophene rings is 1. The van der Waals surface area contributed by atoms with Gasteiger partial charge in [0.15, 0.2) is 0 Å². The normalized spacial score (nSPS) is 24.6. The Morgan fingerprint density at radius 2 is 1.97 bits per heavy atom. The topological polar surface area (TPSA) is 97.6 Å². The van der Waals surface area contributed by atoms with Gasteiger partial charge in [0, 0.05) is 12.6 Å². The van der Waals surface area contributed by atoms with Crippen LogP contribution in [0.4, 0.5) is 0 Å². The standard InChI is InChI=1S/C19H20ClN5O2S2/c1-11-5-7-12(8-6-11)16-23-24-17(27-16)14-9-13(20)15(28-14)19(2)10-29(4,26)25(3)18(21)22-19/h5-9H,4,10H2,1-3H3,(H2,21,22)/t19-,29?/m0/s1. The minimum atomic E-state index is -2.60. The summed E-state index contributed by atoms with van der Waals surface area (Å²) >= 11 is 7.89. The van der Waals surface area contributed by atoms with Crippen molar-refractivity contribution in [2.75, 3.05) is 12.8 Å². The lowest BCUT2D eigenvalue weighted by molar-refractivity contribution is 0.522. The molecule has 0 saturated carbocycles. The fraction of sp³-hybridized carbons (Fsp3) is 0.263. The van der Waals surface area contributed by atoms with Crippen molar-refractivity contribution in [1.82, 2.24) is 14.5 Å². The number of aryl methyl sites for hydroxylation is 1. The van der Waals surface area contributed by atoms with Gasteiger partial charge in [-0.1, -0.05) is 29.3 Å². The second-order valence-electron chi connectivity index (χ2n) is 7.22. The van der Waals surface area contributed by atoms with Crippen LogP contribution in [-0.4, -0.2) is 43.3 Å². The molecule has 4 rings (SSSR count). The van der Waals surface area contributed by atoms with E-state index in [0.29, 0.717) is 21.7 Å². The first-order valence-electron chi connectivity index (χ1n) is 8.74. The maximum atomic E-state index is 12.9. The molecular weight excluding hydrogens is 430 g/mol. The van der Waals surface area contributed by atoms with Crippen molar-refractivity contribution in [2.24, 2.45) is 10.7 Å². The zero-order valence-corrected chi connectivity index (χ0v) is 18.6. The molecule has 1 aliphatic heterocycles. The summed E-state index contributed by atoms with van der Waals surface area (Å²) in [6.45, 7) is 3.87. The fourth-order valence-corrected chi connectivity index (χ4v) is 6.46. The number of aliphatic imine (C=N–C) groups is 1. The van der Waals surface area contributed by atoms with Crippen LogP contribution >= 0.6 is 22.9 Å². The van der Waals surface area contributed by atoms with Crippen LogP contribution in [0.15, 0.2) is 39.7 Å². The Morgan fingerprint density at radius 1 is 1.31 bits per heavy atom. The molecule has 0 aliphatic carbocycles. The number of halogens is 1. The molecule has 1 unspecified atom stereocenters. The number of benzene rings is 1. The SMILES string of the molecule is C=S1(=O)C[C@@](C)(c2sc(-c3nnc(-c4ccc(C)cc4)o3)cc2Cl)N=C(N)N1C. The molecule has 2 N–H and O–H groups in total. The Balaban J connectivity index is 1.72. The van der Waals surface area contributed by atoms with Crippen LogP contribution in [0.5, 0.6) is 0 Å². The van der Waals surface area contributed by atoms with Crippen molar-refractivity contribution in [1.29, 1.82) is 0 Å². The average Bonchev–Trinajstić information content (AvgIpc) is 3.27. The van der Waals surface area contributed by atoms with Crippen LogP contribution in [0.25, 0.3) is 22.2 Å². The summed E-state index contributed by atoms with van der Waals surface area (Å²) in [5.74, 6) is 5.00. The molecule has 3 aromatic rings. The predicted molar refractivity (Wildman–Crippen MR) is 120 cm³/mol. The van der Waals surface area contributed by atoms with Gasteiger partial charge in [0.1, 0.15) is 5.54 Å². The highest BCUT2D eigenvalue weighted by Crippen LogP contribution is 2.44. The number of rotatable bonds is 3. The monoisotopic (exact) mass is 449 g/mol. The molecule has 0 radical (unpaired) electrons. The van der Waals surface area contributed by atoms with Crippen LogP contribution in [0.1, 0.15) is 17.4 Å². The van der Waals surface area contributed by atoms with Crippen LogP contribution in [0.2, 0.25) is 5.02 Å². The number of guanidine groups is 1. The summed E-state index contributed by atoms with van der Waals surface area (Å²) in [6, 6.07) is 9.59. The van der Waals surface area contributed by atoms with Gasteiger partial charge < -0.3 is 10.2 Å². The maximum absolute atomic E-state index is 12.9. The van der Waals surface area contributed by atoms with Crippen molar-refractivity contribution in [3.05, 3.63) is 45.8 Å². The summed E-state index contributed by atoms with van der Waals surface area (Å²) in [6.07, 6.45) is 0. The molecule has 7 nitrogen and oxygen atoms in total. The number of nitrogens with zero attached hydrogens (tertiary/aromatic N) is 4. The summed E-state index contributed by atoms with van der Waals surface area (Å²) in [5.41, 5.74) is 7.13. The number of hydrogen-bond donors (Lipinski definition) is 1. The highest BCUT2D eigenvalue weighted by atomic mass is 35.5. The molecule has 10 heteroatoms. The summed E-state index contributed by atoms with van der Waals surface area (Å²) in [4.78, 5) is 5.99. The Kier molecular flexibility index (Phi) is 4.71. The maximum Gasteiger partial charge on any atom is 0.258 e. The van der Waals surface area contributed by atoms with Crippen molar-refractivity contribution < 1.29 is 8.63 Å². The van der Waals surface area contributed by atoms with E-state index in [1.165, 1.54) is 15.6 Å². The Labute approximate surface area is 178 Å². The second kappa shape index (κ2) is 6.86. The van der Waals surface area contributed by atoms with Gasteiger partial charge in [0.05, 0.1) is 30.2 Å². The Hall–Kier alpha value is -2.36. The van der Waals surface area contributed by atoms with E-state index in [-0.39, 0.29) is 11.7 Å². The number of hydrogen-bond acceptors (Lipinski definition) is 7. The minimum absolute atomic E-state index is 0.171. The first-order valence-corrected chi connectivity index (χ1v) is 11.8. The van der Waals surface area contributed by atoms with Gasteiger partial charge in [0.2, 0.25) is 11.9 Å². The zero-order valence-electron chi connectivity index (χ0n) is 16.2. The van der Waals surface area contributed by atoms with Gasteiger partial charge in [-0.2, -0.15) is 0 Å². The van der Waals surface area contributed by atoms with Crippen LogP contribution in [0.3, 0.4) is 0 Å². The zero-order chi connectivity index (χ0) is 21.0. The van der Waals surface area contributed by atoms with E-state index in [2.05, 4.69) is 21.1 Å². The Morgan fingerprint density at radius 3 is 2.62 bits per heavy atom. The first kappa shape index (κ1) is 19.9. The molecule has 0 saturated heterocycles. The molecular formula is C19H20ClN5O2S2. The molecule has 2 aromatic heterocycles. The van der Waals surface area contributed by atoms with Crippen LogP contribution in [0, 0.1) is 6.92 Å². The van der Waals surface area contributed by atoms with Crippen molar-refractivity contribution >= 4 is 44.5 Å². The smallest absolute Gasteiger partial charge is 0.258 e. The lowest BCUT2D eigenvalue weighted by Crippen LogP contribution is -2.50. The molecule has 1 aromatic carbocycles. The molecule has 0 fully saturated rings. The van der Waals surface area contributed by atoms with Crippen molar-refractivity contribution in [3.63, 3.8) is 0 Å². The second-order valence-corrected chi connectivity index (χ2v) is 11.1. The van der Waals surface area contributed by atoms with Crippen LogP contribution < -0.4 is 5.73 Å². The van der Waals surface area contributed by atoms with E-state index < -0.39 is 15.2 Å². The molecule has 152 valence electrons. The van der Waals surface area contributed by atoms with Crippen molar-refractivity contribution in [3.8, 4) is 22.2 Å². The summed E-state index contributed by atoms with van der Waals surface area (Å²) in [5, 5.41) is 8.79. The minimum Gasteiger partial charge on any atom is -0.415 e. The van der Waals surface area contributed by atoms with E-state index in [1.54, 1.807) is 13.1 Å². The largest absolute Gasteiger partial charge is 0.415 e. The Bertz CT molecular complexity index is 1210. The van der Waals surface area contributed by atoms with Crippen molar-refractivity contribution in [2.45, 2.75) is 19.4 Å². The molecule has 3 heterocycles. The highest BCUT2D eigenvalue weighted by molar-refractivity contribution is 7.98. The van der Waals surface area contributed by atoms with Gasteiger partial charge in [-0.3, -0.25) is 4.31 Å². The highest BCUT2D eigenvalue weighted by Gasteiger charge is 2.40. The molecule has 0 amide bonds. The van der Waals surface area contributed by atoms with E-state index >= 15 is 0 Å². The van der Waals surface area contributed by atoms with Gasteiger partial charge in [-0.25, -0.2) is 9.20 Å². The fourth-order valence-electron chi connectivity index (χ4n) is 3.16. The third-order valence-electron chi connectivity index (χ3n) is 4.80. The quantitative estimate of drug-likeness (QED) is 0.617. The van der Waals surface area contributed by atoms with Gasteiger partial charge in [-0.15, -0.1) is 21.5 Å². The first-order chi connectivity index (χ1) is 13.6. The molecule has 1 aliphatic rings. The molecule has 2 atom stereocenters. The van der Waals surface area contributed by atoms with Gasteiger partial charge >= 0.3 is 0 Å². The third kappa shape index (κ3) is 3.54. The lowest BCUT2D eigenvalue weighted by atomic mass is 10.0. The van der Waals surface area contributed by atoms with E-state index in [1.807, 2.05) is 38.1 Å². The van der Waals surface area contributed by atoms with E-state index in [0.717, 1.165) is 16.0 Å². The predicted octanol–water partition coefficient (Wildman–Crippen LogP) is 3.53. The summed E-state index contributed by atoms with van der Waals surface area (Å²) in [7, 11) is -0.975. The van der Waals surface area contributed by atoms with Crippen LogP contribution in [-0.2, 0) is 15.2 Å². The van der Waals surface area contributed by atoms with E-state index in [9.17, 15) is 4.21 Å². The summed E-state index contributed by atoms with van der Waals surface area (Å²) < 4.78 is 20.2. The average molecular weight is 450 g/mol. The lowest BCUT2D eigenvalue weighted by Gasteiger charge is -2.36. The van der Waals surface area contributed by atoms with E-state index in [4.69, 9.17) is 21.8 Å². The molecule has 0 spiro atoms. The molecule has 29 heavy (non-hydrogen) atoms. The number of nitrogens with two attached hydrogens (primary N) is 1. The molecule has 0 bridgehead atoms. The van der Waals surface area contributed by atoms with Gasteiger partial charge in [0.25, 0.3) is 5.89 Å². The van der Waals surface area contributed by atoms with Gasteiger partial charge in [-0.05, 0) is 37.9 Å².